The maximum Gasteiger partial charge on any atom is 0.293 e. The van der Waals surface area contributed by atoms with Gasteiger partial charge in [0.1, 0.15) is 12.4 Å². The quantitative estimate of drug-likeness (QED) is 0.261. The van der Waals surface area contributed by atoms with E-state index in [1.807, 2.05) is 37.3 Å². The topological polar surface area (TPSA) is 55.8 Å². The summed E-state index contributed by atoms with van der Waals surface area (Å²) in [6, 6.07) is 17.2. The zero-order chi connectivity index (χ0) is 24.9. The fourth-order valence-electron chi connectivity index (χ4n) is 3.41. The lowest BCUT2D eigenvalue weighted by molar-refractivity contribution is -0.123. The second kappa shape index (κ2) is 11.3. The van der Waals surface area contributed by atoms with Crippen LogP contribution in [0.3, 0.4) is 0 Å². The molecule has 4 rings (SSSR count). The molecule has 9 heteroatoms. The highest BCUT2D eigenvalue weighted by molar-refractivity contribution is 9.10. The average Bonchev–Trinajstić information content (AvgIpc) is 3.08. The number of benzene rings is 3. The zero-order valence-electron chi connectivity index (χ0n) is 18.6. The fraction of sp³-hybridized carbons (Fsp3) is 0.154. The van der Waals surface area contributed by atoms with E-state index in [-0.39, 0.29) is 16.5 Å². The van der Waals surface area contributed by atoms with Crippen molar-refractivity contribution >= 4 is 56.5 Å². The van der Waals surface area contributed by atoms with E-state index in [0.717, 1.165) is 28.3 Å². The van der Waals surface area contributed by atoms with Crippen molar-refractivity contribution in [2.45, 2.75) is 20.1 Å². The Balaban J connectivity index is 1.56. The summed E-state index contributed by atoms with van der Waals surface area (Å²) >= 11 is 10.4. The first kappa shape index (κ1) is 25.3. The van der Waals surface area contributed by atoms with Gasteiger partial charge in [-0.05, 0) is 81.6 Å². The summed E-state index contributed by atoms with van der Waals surface area (Å²) in [7, 11) is 0. The molecule has 0 unspecified atom stereocenters. The van der Waals surface area contributed by atoms with Crippen LogP contribution in [0, 0.1) is 5.82 Å². The van der Waals surface area contributed by atoms with E-state index in [0.29, 0.717) is 40.3 Å². The minimum absolute atomic E-state index is 0.0404. The normalized spacial score (nSPS) is 14.6. The Morgan fingerprint density at radius 1 is 1.09 bits per heavy atom. The van der Waals surface area contributed by atoms with E-state index in [9.17, 15) is 14.0 Å². The Hall–Kier alpha value is -2.81. The lowest BCUT2D eigenvalue weighted by Crippen LogP contribution is -2.27. The maximum atomic E-state index is 13.3. The predicted octanol–water partition coefficient (Wildman–Crippen LogP) is 7.46. The predicted molar refractivity (Wildman–Crippen MR) is 139 cm³/mol. The number of thioether (sulfide) groups is 1. The van der Waals surface area contributed by atoms with Crippen LogP contribution in [0.1, 0.15) is 23.6 Å². The molecule has 1 saturated heterocycles. The Labute approximate surface area is 220 Å². The lowest BCUT2D eigenvalue weighted by Gasteiger charge is -2.15. The smallest absolute Gasteiger partial charge is 0.293 e. The third kappa shape index (κ3) is 6.07. The van der Waals surface area contributed by atoms with Gasteiger partial charge in [0.15, 0.2) is 11.5 Å². The summed E-state index contributed by atoms with van der Waals surface area (Å²) in [4.78, 5) is 26.8. The molecular weight excluding hydrogens is 557 g/mol. The molecule has 0 aliphatic carbocycles. The Morgan fingerprint density at radius 2 is 1.86 bits per heavy atom. The number of carbonyl (C=O) groups excluding carboxylic acids is 2. The number of carbonyl (C=O) groups is 2. The largest absolute Gasteiger partial charge is 0.490 e. The van der Waals surface area contributed by atoms with Crippen LogP contribution in [-0.2, 0) is 17.9 Å². The summed E-state index contributed by atoms with van der Waals surface area (Å²) in [5, 5.41) is -0.266. The summed E-state index contributed by atoms with van der Waals surface area (Å²) in [5.41, 5.74) is 2.16. The van der Waals surface area contributed by atoms with Gasteiger partial charge in [-0.3, -0.25) is 14.5 Å². The van der Waals surface area contributed by atoms with E-state index in [1.54, 1.807) is 18.2 Å². The molecule has 0 atom stereocenters. The van der Waals surface area contributed by atoms with Gasteiger partial charge in [0.2, 0.25) is 0 Å². The van der Waals surface area contributed by atoms with Gasteiger partial charge in [-0.2, -0.15) is 0 Å². The number of hydrogen-bond acceptors (Lipinski definition) is 5. The first-order valence-corrected chi connectivity index (χ1v) is 12.7. The summed E-state index contributed by atoms with van der Waals surface area (Å²) < 4.78 is 25.8. The minimum Gasteiger partial charge on any atom is -0.490 e. The van der Waals surface area contributed by atoms with E-state index in [2.05, 4.69) is 15.9 Å². The second-order valence-corrected chi connectivity index (χ2v) is 9.80. The van der Waals surface area contributed by atoms with Crippen molar-refractivity contribution in [2.24, 2.45) is 0 Å². The summed E-state index contributed by atoms with van der Waals surface area (Å²) in [6.45, 7) is 2.62. The summed E-state index contributed by atoms with van der Waals surface area (Å²) in [6.07, 6.45) is 1.63. The van der Waals surface area contributed by atoms with Gasteiger partial charge in [0.05, 0.1) is 22.5 Å². The highest BCUT2D eigenvalue weighted by Crippen LogP contribution is 2.40. The van der Waals surface area contributed by atoms with Gasteiger partial charge in [0, 0.05) is 5.02 Å². The fourth-order valence-corrected chi connectivity index (χ4v) is 5.05. The number of imide groups is 1. The van der Waals surface area contributed by atoms with E-state index in [1.165, 1.54) is 12.1 Å². The van der Waals surface area contributed by atoms with Gasteiger partial charge in [0.25, 0.3) is 11.1 Å². The molecule has 1 heterocycles. The van der Waals surface area contributed by atoms with Crippen molar-refractivity contribution in [3.63, 3.8) is 0 Å². The molecule has 1 aliphatic heterocycles. The van der Waals surface area contributed by atoms with Crippen molar-refractivity contribution in [3.05, 3.63) is 97.6 Å². The van der Waals surface area contributed by atoms with Crippen LogP contribution in [0.4, 0.5) is 9.18 Å². The lowest BCUT2D eigenvalue weighted by atomic mass is 10.1. The molecule has 180 valence electrons. The molecule has 0 spiro atoms. The van der Waals surface area contributed by atoms with Gasteiger partial charge in [-0.1, -0.05) is 48.0 Å². The number of nitrogens with zero attached hydrogens (tertiary/aromatic N) is 1. The molecule has 0 bridgehead atoms. The molecule has 0 N–H and O–H groups in total. The molecule has 1 aliphatic rings. The molecule has 3 aromatic carbocycles. The number of rotatable bonds is 8. The molecule has 35 heavy (non-hydrogen) atoms. The molecule has 2 amide bonds. The van der Waals surface area contributed by atoms with Crippen molar-refractivity contribution in [2.75, 3.05) is 6.61 Å². The van der Waals surface area contributed by atoms with Gasteiger partial charge in [-0.15, -0.1) is 0 Å². The third-order valence-electron chi connectivity index (χ3n) is 5.07. The average molecular weight is 577 g/mol. The molecule has 5 nitrogen and oxygen atoms in total. The van der Waals surface area contributed by atoms with E-state index >= 15 is 0 Å². The van der Waals surface area contributed by atoms with Crippen LogP contribution in [0.5, 0.6) is 11.5 Å². The van der Waals surface area contributed by atoms with Crippen molar-refractivity contribution in [3.8, 4) is 11.5 Å². The van der Waals surface area contributed by atoms with Crippen molar-refractivity contribution < 1.29 is 23.5 Å². The molecule has 0 radical (unpaired) electrons. The van der Waals surface area contributed by atoms with Gasteiger partial charge < -0.3 is 9.47 Å². The zero-order valence-corrected chi connectivity index (χ0v) is 21.8. The van der Waals surface area contributed by atoms with Gasteiger partial charge in [-0.25, -0.2) is 4.39 Å². The van der Waals surface area contributed by atoms with Crippen LogP contribution in [0.15, 0.2) is 70.0 Å². The van der Waals surface area contributed by atoms with Crippen LogP contribution >= 0.6 is 39.3 Å². The van der Waals surface area contributed by atoms with Crippen LogP contribution < -0.4 is 9.47 Å². The van der Waals surface area contributed by atoms with Crippen LogP contribution in [-0.4, -0.2) is 22.7 Å². The van der Waals surface area contributed by atoms with Crippen molar-refractivity contribution in [1.29, 1.82) is 0 Å². The number of halogens is 3. The molecule has 1 fully saturated rings. The maximum absolute atomic E-state index is 13.3. The monoisotopic (exact) mass is 575 g/mol. The Bertz CT molecular complexity index is 1300. The van der Waals surface area contributed by atoms with Crippen LogP contribution in [0.25, 0.3) is 6.08 Å². The first-order chi connectivity index (χ1) is 16.9. The molecular formula is C26H20BrClFNO4S. The molecule has 0 saturated carbocycles. The Kier molecular flexibility index (Phi) is 8.15. The standard InChI is InChI=1S/C26H20BrClFNO4S/c1-2-33-22-11-17(10-20(27)24(22)34-15-16-6-4-3-5-7-16)12-23-25(31)30(26(32)35-23)14-18-8-9-19(29)13-21(18)28/h3-13H,2,14-15H2,1H3/b23-12+. The highest BCUT2D eigenvalue weighted by Gasteiger charge is 2.35. The summed E-state index contributed by atoms with van der Waals surface area (Å²) in [5.74, 6) is 0.131. The van der Waals surface area contributed by atoms with Crippen LogP contribution in [0.2, 0.25) is 5.02 Å². The first-order valence-electron chi connectivity index (χ1n) is 10.7. The van der Waals surface area contributed by atoms with E-state index < -0.39 is 17.0 Å². The second-order valence-electron chi connectivity index (χ2n) is 7.54. The number of hydrogen-bond donors (Lipinski definition) is 0. The number of ether oxygens (including phenoxy) is 2. The Morgan fingerprint density at radius 3 is 2.57 bits per heavy atom. The minimum atomic E-state index is -0.486. The van der Waals surface area contributed by atoms with E-state index in [4.69, 9.17) is 21.1 Å². The number of amides is 2. The molecule has 0 aromatic heterocycles. The van der Waals surface area contributed by atoms with Crippen molar-refractivity contribution in [1.82, 2.24) is 4.90 Å². The third-order valence-corrected chi connectivity index (χ3v) is 6.92. The molecule has 3 aromatic rings. The SMILES string of the molecule is CCOc1cc(/C=C2/SC(=O)N(Cc3ccc(F)cc3Cl)C2=O)cc(Br)c1OCc1ccccc1. The highest BCUT2D eigenvalue weighted by atomic mass is 79.9. The van der Waals surface area contributed by atoms with Gasteiger partial charge >= 0.3 is 0 Å².